The minimum absolute atomic E-state index is 0.252. The Balaban J connectivity index is 0.000000531. The third-order valence-corrected chi connectivity index (χ3v) is 7.53. The summed E-state index contributed by atoms with van der Waals surface area (Å²) >= 11 is 0. The maximum Gasteiger partial charge on any atom is 0.372 e. The fourth-order valence-corrected chi connectivity index (χ4v) is 5.22. The quantitative estimate of drug-likeness (QED) is 0.365. The van der Waals surface area contributed by atoms with Crippen LogP contribution in [0.5, 0.6) is 0 Å². The zero-order chi connectivity index (χ0) is 20.8. The highest BCUT2D eigenvalue weighted by Crippen LogP contribution is 2.60. The predicted molar refractivity (Wildman–Crippen MR) is 95.1 cm³/mol. The van der Waals surface area contributed by atoms with Crippen molar-refractivity contribution in [1.29, 1.82) is 0 Å². The van der Waals surface area contributed by atoms with Gasteiger partial charge in [0.05, 0.1) is 6.42 Å². The minimum atomic E-state index is -5.15. The highest BCUT2D eigenvalue weighted by atomic mass is 31.2. The third kappa shape index (κ3) is 5.46. The van der Waals surface area contributed by atoms with Crippen molar-refractivity contribution in [3.63, 3.8) is 0 Å². The number of hydrogen-bond donors (Lipinski definition) is 0. The van der Waals surface area contributed by atoms with Crippen LogP contribution in [0.3, 0.4) is 0 Å². The maximum atomic E-state index is 11.6. The van der Waals surface area contributed by atoms with Crippen molar-refractivity contribution in [2.24, 2.45) is 0 Å². The topological polar surface area (TPSA) is 9.72 Å². The molecule has 0 aromatic rings. The van der Waals surface area contributed by atoms with Crippen LogP contribution >= 0.6 is 8.37 Å². The summed E-state index contributed by atoms with van der Waals surface area (Å²) in [6.45, 7) is 20.5. The van der Waals surface area contributed by atoms with Gasteiger partial charge < -0.3 is 0 Å². The summed E-state index contributed by atoms with van der Waals surface area (Å²) < 4.78 is 77.3. The minimum Gasteiger partial charge on any atom is -0.258 e. The van der Waals surface area contributed by atoms with Gasteiger partial charge in [-0.15, -0.1) is 0 Å². The molecule has 0 atom stereocenters. The zero-order valence-corrected chi connectivity index (χ0v) is 17.4. The second-order valence-electron chi connectivity index (χ2n) is 5.85. The highest BCUT2D eigenvalue weighted by molar-refractivity contribution is 7.50. The number of rotatable bonds is 9. The van der Waals surface area contributed by atoms with Gasteiger partial charge in [0, 0.05) is 39.3 Å². The molecule has 0 radical (unpaired) electrons. The summed E-state index contributed by atoms with van der Waals surface area (Å²) in [6.07, 6.45) is -2.05. The van der Waals surface area contributed by atoms with E-state index in [0.29, 0.717) is 0 Å². The van der Waals surface area contributed by atoms with Gasteiger partial charge in [-0.05, 0) is 0 Å². The van der Waals surface area contributed by atoms with E-state index in [0.717, 1.165) is 39.3 Å². The molecule has 0 aromatic heterocycles. The molecule has 1 rings (SSSR count). The summed E-state index contributed by atoms with van der Waals surface area (Å²) in [5.74, 6) is -14.2. The molecule has 0 unspecified atom stereocenters. The van der Waals surface area contributed by atoms with Gasteiger partial charge in [-0.1, -0.05) is 41.5 Å². The van der Waals surface area contributed by atoms with Crippen molar-refractivity contribution < 1.29 is 26.3 Å². The van der Waals surface area contributed by atoms with Crippen molar-refractivity contribution in [3.8, 4) is 0 Å². The lowest BCUT2D eigenvalue weighted by Gasteiger charge is -2.43. The fraction of sp³-hybridized carbons (Fsp3) is 1.00. The van der Waals surface area contributed by atoms with Crippen molar-refractivity contribution in [3.05, 3.63) is 0 Å². The molecule has 0 N–H and O–H groups in total. The second-order valence-corrected chi connectivity index (χ2v) is 8.08. The summed E-state index contributed by atoms with van der Waals surface area (Å²) in [6, 6.07) is 0. The SMILES string of the molecule is CCN(CC)P(N(CC)CC)N(CC)CC.FC1(F)CC(F)(F)C1(F)F. The van der Waals surface area contributed by atoms with Gasteiger partial charge in [-0.3, -0.25) is 14.0 Å². The molecule has 0 spiro atoms. The van der Waals surface area contributed by atoms with Crippen LogP contribution in [0.2, 0.25) is 0 Å². The first kappa shape index (κ1) is 25.9. The van der Waals surface area contributed by atoms with Crippen molar-refractivity contribution in [2.75, 3.05) is 39.3 Å². The van der Waals surface area contributed by atoms with Gasteiger partial charge in [0.25, 0.3) is 0 Å². The normalized spacial score (nSPS) is 20.3. The van der Waals surface area contributed by atoms with Crippen LogP contribution in [-0.4, -0.2) is 71.0 Å². The Kier molecular flexibility index (Phi) is 10.4. The van der Waals surface area contributed by atoms with E-state index in [4.69, 9.17) is 0 Å². The smallest absolute Gasteiger partial charge is 0.258 e. The summed E-state index contributed by atoms with van der Waals surface area (Å²) in [7, 11) is -0.252. The number of alkyl halides is 6. The van der Waals surface area contributed by atoms with E-state index in [2.05, 4.69) is 55.6 Å². The Labute approximate surface area is 154 Å². The van der Waals surface area contributed by atoms with Crippen LogP contribution in [0, 0.1) is 0 Å². The van der Waals surface area contributed by atoms with Gasteiger partial charge >= 0.3 is 17.8 Å². The van der Waals surface area contributed by atoms with Gasteiger partial charge in [0.1, 0.15) is 8.37 Å². The van der Waals surface area contributed by atoms with Crippen molar-refractivity contribution in [2.45, 2.75) is 65.7 Å². The average molecular weight is 411 g/mol. The second kappa shape index (κ2) is 10.4. The molecule has 0 aliphatic heterocycles. The van der Waals surface area contributed by atoms with Gasteiger partial charge in [0.2, 0.25) is 0 Å². The van der Waals surface area contributed by atoms with E-state index in [-0.39, 0.29) is 8.37 Å². The molecular weight excluding hydrogens is 379 g/mol. The molecule has 1 saturated carbocycles. The van der Waals surface area contributed by atoms with Gasteiger partial charge in [-0.2, -0.15) is 26.3 Å². The number of hydrogen-bond acceptors (Lipinski definition) is 3. The summed E-state index contributed by atoms with van der Waals surface area (Å²) in [5.41, 5.74) is 0. The van der Waals surface area contributed by atoms with E-state index in [9.17, 15) is 26.3 Å². The monoisotopic (exact) mass is 411 g/mol. The maximum absolute atomic E-state index is 11.6. The lowest BCUT2D eigenvalue weighted by atomic mass is 9.84. The molecule has 0 aromatic carbocycles. The fourth-order valence-electron chi connectivity index (χ4n) is 2.63. The first-order valence-electron chi connectivity index (χ1n) is 9.08. The average Bonchev–Trinajstić information content (AvgIpc) is 2.57. The highest BCUT2D eigenvalue weighted by Gasteiger charge is 2.83. The molecule has 10 heteroatoms. The Morgan fingerprint density at radius 2 is 0.808 bits per heavy atom. The molecule has 0 bridgehead atoms. The van der Waals surface area contributed by atoms with Crippen LogP contribution in [0.4, 0.5) is 26.3 Å². The Bertz CT molecular complexity index is 355. The van der Waals surface area contributed by atoms with Crippen LogP contribution in [-0.2, 0) is 0 Å². The Morgan fingerprint density at radius 1 is 0.577 bits per heavy atom. The van der Waals surface area contributed by atoms with Crippen LogP contribution in [0.1, 0.15) is 48.0 Å². The van der Waals surface area contributed by atoms with E-state index in [1.165, 1.54) is 0 Å². The van der Waals surface area contributed by atoms with Crippen LogP contribution < -0.4 is 0 Å². The summed E-state index contributed by atoms with van der Waals surface area (Å²) in [5, 5.41) is 0. The summed E-state index contributed by atoms with van der Waals surface area (Å²) in [4.78, 5) is 0. The molecule has 26 heavy (non-hydrogen) atoms. The molecule has 1 aliphatic carbocycles. The molecular formula is C16H32F6N3P. The van der Waals surface area contributed by atoms with E-state index >= 15 is 0 Å². The first-order chi connectivity index (χ1) is 11.9. The zero-order valence-electron chi connectivity index (χ0n) is 16.5. The molecule has 3 nitrogen and oxygen atoms in total. The van der Waals surface area contributed by atoms with Crippen molar-refractivity contribution in [1.82, 2.24) is 14.0 Å². The molecule has 0 heterocycles. The van der Waals surface area contributed by atoms with E-state index in [1.54, 1.807) is 0 Å². The third-order valence-electron chi connectivity index (χ3n) is 4.31. The van der Waals surface area contributed by atoms with Crippen LogP contribution in [0.15, 0.2) is 0 Å². The molecule has 0 saturated heterocycles. The lowest BCUT2D eigenvalue weighted by Crippen LogP contribution is -2.67. The standard InChI is InChI=1S/C12H30N3P.C4H2F6/c1-7-13(8-2)16(14(9-3)10-4)15(11-5)12-6;5-2(6)1-3(7,8)4(2,9)10/h7-12H2,1-6H3;1H2. The number of halogens is 6. The van der Waals surface area contributed by atoms with E-state index in [1.807, 2.05) is 0 Å². The lowest BCUT2D eigenvalue weighted by molar-refractivity contribution is -0.396. The molecule has 1 fully saturated rings. The Hall–Kier alpha value is -0.110. The van der Waals surface area contributed by atoms with Crippen molar-refractivity contribution >= 4 is 8.37 Å². The van der Waals surface area contributed by atoms with E-state index < -0.39 is 24.2 Å². The Morgan fingerprint density at radius 3 is 0.885 bits per heavy atom. The molecule has 1 aliphatic rings. The first-order valence-corrected chi connectivity index (χ1v) is 10.3. The van der Waals surface area contributed by atoms with Gasteiger partial charge in [-0.25, -0.2) is 0 Å². The molecule has 158 valence electrons. The van der Waals surface area contributed by atoms with Gasteiger partial charge in [0.15, 0.2) is 0 Å². The van der Waals surface area contributed by atoms with Crippen LogP contribution in [0.25, 0.3) is 0 Å². The number of nitrogens with zero attached hydrogens (tertiary/aromatic N) is 3. The largest absolute Gasteiger partial charge is 0.372 e. The predicted octanol–water partition coefficient (Wildman–Crippen LogP) is 5.53. The molecule has 0 amide bonds.